The standard InChI is InChI=1S/C23H33N3O4S2/c1-16-11-17(2)14-26(13-16)32(28,29)21-12-19(8-9-20(21)30-4)23(27)24-10-6-5-7-22-25-18(3)15-31-22/h8-9,12,15-17H,5-7,10-11,13-14H2,1-4H3,(H,24,27). The van der Waals surface area contributed by atoms with Crippen LogP contribution < -0.4 is 10.1 Å². The van der Waals surface area contributed by atoms with Gasteiger partial charge in [0, 0.05) is 36.3 Å². The van der Waals surface area contributed by atoms with E-state index < -0.39 is 10.0 Å². The number of unbranched alkanes of at least 4 members (excludes halogenated alkanes) is 1. The van der Waals surface area contributed by atoms with Gasteiger partial charge in [-0.15, -0.1) is 11.3 Å². The number of benzene rings is 1. The van der Waals surface area contributed by atoms with Gasteiger partial charge in [0.15, 0.2) is 0 Å². The number of hydrogen-bond donors (Lipinski definition) is 1. The zero-order chi connectivity index (χ0) is 23.3. The molecule has 2 unspecified atom stereocenters. The third kappa shape index (κ3) is 6.08. The van der Waals surface area contributed by atoms with Crippen molar-refractivity contribution in [3.63, 3.8) is 0 Å². The van der Waals surface area contributed by atoms with E-state index in [1.165, 1.54) is 17.5 Å². The van der Waals surface area contributed by atoms with Crippen LogP contribution in [0.5, 0.6) is 5.75 Å². The second-order valence-electron chi connectivity index (χ2n) is 8.73. The molecule has 1 aromatic heterocycles. The van der Waals surface area contributed by atoms with Crippen molar-refractivity contribution in [2.75, 3.05) is 26.7 Å². The second kappa shape index (κ2) is 10.8. The summed E-state index contributed by atoms with van der Waals surface area (Å²) in [6.45, 7) is 7.59. The number of sulfonamides is 1. The van der Waals surface area contributed by atoms with Crippen LogP contribution in [-0.4, -0.2) is 50.4 Å². The predicted molar refractivity (Wildman–Crippen MR) is 127 cm³/mol. The number of aromatic nitrogens is 1. The van der Waals surface area contributed by atoms with Gasteiger partial charge in [0.05, 0.1) is 12.1 Å². The molecule has 2 aromatic rings. The first-order valence-corrected chi connectivity index (χ1v) is 13.4. The Kier molecular flexibility index (Phi) is 8.30. The van der Waals surface area contributed by atoms with E-state index in [2.05, 4.69) is 24.1 Å². The molecule has 1 fully saturated rings. The lowest BCUT2D eigenvalue weighted by Gasteiger charge is -2.34. The smallest absolute Gasteiger partial charge is 0.251 e. The normalized spacial score (nSPS) is 19.6. The molecule has 1 aliphatic heterocycles. The Balaban J connectivity index is 1.65. The highest BCUT2D eigenvalue weighted by Crippen LogP contribution is 2.32. The number of rotatable bonds is 9. The minimum Gasteiger partial charge on any atom is -0.495 e. The van der Waals surface area contributed by atoms with Gasteiger partial charge >= 0.3 is 0 Å². The lowest BCUT2D eigenvalue weighted by atomic mass is 9.94. The molecule has 3 rings (SSSR count). The molecular weight excluding hydrogens is 446 g/mol. The molecule has 0 spiro atoms. The first kappa shape index (κ1) is 24.7. The molecular formula is C23H33N3O4S2. The number of thiazole rings is 1. The van der Waals surface area contributed by atoms with Crippen LogP contribution in [0.2, 0.25) is 0 Å². The molecule has 32 heavy (non-hydrogen) atoms. The van der Waals surface area contributed by atoms with Gasteiger partial charge in [-0.25, -0.2) is 13.4 Å². The maximum Gasteiger partial charge on any atom is 0.251 e. The summed E-state index contributed by atoms with van der Waals surface area (Å²) in [5.74, 6) is 0.555. The number of piperidine rings is 1. The average molecular weight is 480 g/mol. The quantitative estimate of drug-likeness (QED) is 0.552. The molecule has 176 valence electrons. The molecule has 1 aliphatic rings. The van der Waals surface area contributed by atoms with Crippen molar-refractivity contribution >= 4 is 27.3 Å². The number of nitrogens with zero attached hydrogens (tertiary/aromatic N) is 2. The summed E-state index contributed by atoms with van der Waals surface area (Å²) in [5.41, 5.74) is 1.36. The van der Waals surface area contributed by atoms with Crippen LogP contribution >= 0.6 is 11.3 Å². The third-order valence-corrected chi connectivity index (χ3v) is 8.53. The average Bonchev–Trinajstić information content (AvgIpc) is 3.17. The Morgan fingerprint density at radius 3 is 2.59 bits per heavy atom. The number of carbonyl (C=O) groups is 1. The van der Waals surface area contributed by atoms with E-state index in [4.69, 9.17) is 4.74 Å². The summed E-state index contributed by atoms with van der Waals surface area (Å²) in [5, 5.41) is 6.05. The first-order valence-electron chi connectivity index (χ1n) is 11.1. The van der Waals surface area contributed by atoms with Gasteiger partial charge < -0.3 is 10.1 Å². The predicted octanol–water partition coefficient (Wildman–Crippen LogP) is 3.88. The largest absolute Gasteiger partial charge is 0.495 e. The van der Waals surface area contributed by atoms with Crippen molar-refractivity contribution in [1.82, 2.24) is 14.6 Å². The van der Waals surface area contributed by atoms with Gasteiger partial charge in [0.1, 0.15) is 10.6 Å². The molecule has 1 N–H and O–H groups in total. The van der Waals surface area contributed by atoms with Gasteiger partial charge in [0.2, 0.25) is 10.0 Å². The minimum absolute atomic E-state index is 0.0492. The topological polar surface area (TPSA) is 88.6 Å². The Labute approximate surface area is 195 Å². The van der Waals surface area contributed by atoms with Gasteiger partial charge in [-0.2, -0.15) is 4.31 Å². The molecule has 9 heteroatoms. The molecule has 0 saturated carbocycles. The fourth-order valence-corrected chi connectivity index (χ4v) is 6.86. The summed E-state index contributed by atoms with van der Waals surface area (Å²) in [6, 6.07) is 4.60. The first-order chi connectivity index (χ1) is 15.2. The molecule has 0 aliphatic carbocycles. The summed E-state index contributed by atoms with van der Waals surface area (Å²) >= 11 is 1.66. The van der Waals surface area contributed by atoms with Crippen LogP contribution in [0.15, 0.2) is 28.5 Å². The highest BCUT2D eigenvalue weighted by atomic mass is 32.2. The lowest BCUT2D eigenvalue weighted by molar-refractivity contribution is 0.0952. The Bertz CT molecular complexity index is 1030. The molecule has 2 heterocycles. The van der Waals surface area contributed by atoms with Crippen molar-refractivity contribution in [3.05, 3.63) is 39.8 Å². The van der Waals surface area contributed by atoms with Gasteiger partial charge in [-0.3, -0.25) is 4.79 Å². The number of ether oxygens (including phenoxy) is 1. The van der Waals surface area contributed by atoms with Crippen molar-refractivity contribution in [1.29, 1.82) is 0 Å². The maximum absolute atomic E-state index is 13.4. The number of carbonyl (C=O) groups excluding carboxylic acids is 1. The Morgan fingerprint density at radius 2 is 1.97 bits per heavy atom. The zero-order valence-electron chi connectivity index (χ0n) is 19.3. The molecule has 2 atom stereocenters. The van der Waals surface area contributed by atoms with Crippen molar-refractivity contribution in [2.24, 2.45) is 11.8 Å². The molecule has 1 saturated heterocycles. The van der Waals surface area contributed by atoms with Crippen LogP contribution in [0.3, 0.4) is 0 Å². The van der Waals surface area contributed by atoms with Crippen LogP contribution in [0.1, 0.15) is 54.2 Å². The fraction of sp³-hybridized carbons (Fsp3) is 0.565. The summed E-state index contributed by atoms with van der Waals surface area (Å²) in [7, 11) is -2.32. The monoisotopic (exact) mass is 479 g/mol. The number of nitrogens with one attached hydrogen (secondary N) is 1. The molecule has 7 nitrogen and oxygen atoms in total. The maximum atomic E-state index is 13.4. The fourth-order valence-electron chi connectivity index (χ4n) is 4.18. The van der Waals surface area contributed by atoms with Crippen molar-refractivity contribution in [3.8, 4) is 5.75 Å². The molecule has 1 aromatic carbocycles. The van der Waals surface area contributed by atoms with Crippen LogP contribution in [-0.2, 0) is 16.4 Å². The lowest BCUT2D eigenvalue weighted by Crippen LogP contribution is -2.42. The highest BCUT2D eigenvalue weighted by molar-refractivity contribution is 7.89. The summed E-state index contributed by atoms with van der Waals surface area (Å²) < 4.78 is 33.6. The van der Waals surface area contributed by atoms with Gasteiger partial charge in [0.25, 0.3) is 5.91 Å². The molecule has 0 radical (unpaired) electrons. The van der Waals surface area contributed by atoms with E-state index in [9.17, 15) is 13.2 Å². The Morgan fingerprint density at radius 1 is 1.25 bits per heavy atom. The number of hydrogen-bond acceptors (Lipinski definition) is 6. The van der Waals surface area contributed by atoms with Crippen molar-refractivity contribution < 1.29 is 17.9 Å². The Hall–Kier alpha value is -1.97. The van der Waals surface area contributed by atoms with Crippen LogP contribution in [0.25, 0.3) is 0 Å². The number of amides is 1. The second-order valence-corrected chi connectivity index (χ2v) is 11.6. The van der Waals surface area contributed by atoms with E-state index in [1.54, 1.807) is 23.5 Å². The molecule has 1 amide bonds. The van der Waals surface area contributed by atoms with E-state index in [1.807, 2.05) is 12.3 Å². The van der Waals surface area contributed by atoms with Gasteiger partial charge in [-0.05, 0) is 62.6 Å². The molecule has 0 bridgehead atoms. The third-order valence-electron chi connectivity index (χ3n) is 5.65. The van der Waals surface area contributed by atoms with E-state index in [0.29, 0.717) is 37.0 Å². The summed E-state index contributed by atoms with van der Waals surface area (Å²) in [4.78, 5) is 17.2. The van der Waals surface area contributed by atoms with Crippen LogP contribution in [0.4, 0.5) is 0 Å². The SMILES string of the molecule is COc1ccc(C(=O)NCCCCc2nc(C)cs2)cc1S(=O)(=O)N1CC(C)CC(C)C1. The van der Waals surface area contributed by atoms with E-state index in [0.717, 1.165) is 36.4 Å². The van der Waals surface area contributed by atoms with E-state index in [-0.39, 0.29) is 16.6 Å². The number of methoxy groups -OCH3 is 1. The number of aryl methyl sites for hydroxylation is 2. The highest BCUT2D eigenvalue weighted by Gasteiger charge is 2.34. The zero-order valence-corrected chi connectivity index (χ0v) is 20.9. The van der Waals surface area contributed by atoms with Crippen LogP contribution in [0, 0.1) is 18.8 Å². The summed E-state index contributed by atoms with van der Waals surface area (Å²) in [6.07, 6.45) is 3.66. The minimum atomic E-state index is -3.76. The van der Waals surface area contributed by atoms with E-state index >= 15 is 0 Å². The van der Waals surface area contributed by atoms with Crippen molar-refractivity contribution in [2.45, 2.75) is 51.3 Å². The van der Waals surface area contributed by atoms with Gasteiger partial charge in [-0.1, -0.05) is 13.8 Å².